The molecule has 0 atom stereocenters. The topological polar surface area (TPSA) is 23.0 Å². The lowest BCUT2D eigenvalue weighted by Gasteiger charge is -2.12. The Bertz CT molecular complexity index is 4370. The van der Waals surface area contributed by atoms with Gasteiger partial charge in [-0.2, -0.15) is 0 Å². The first-order valence-corrected chi connectivity index (χ1v) is 22.4. The molecule has 3 heteroatoms. The van der Waals surface area contributed by atoms with E-state index in [1.165, 1.54) is 110 Å². The molecule has 11 aromatic carbocycles. The van der Waals surface area contributed by atoms with Gasteiger partial charge < -0.3 is 13.6 Å². The maximum Gasteiger partial charge on any atom is 0.135 e. The highest BCUT2D eigenvalue weighted by molar-refractivity contribution is 6.20. The van der Waals surface area contributed by atoms with Crippen molar-refractivity contribution in [3.63, 3.8) is 0 Å². The maximum atomic E-state index is 6.26. The molecule has 0 N–H and O–H groups in total. The maximum absolute atomic E-state index is 6.26. The second-order valence-electron chi connectivity index (χ2n) is 17.6. The van der Waals surface area contributed by atoms with Gasteiger partial charge in [0.2, 0.25) is 0 Å². The number of nitrogens with zero attached hydrogens (tertiary/aromatic N) is 2. The molecule has 0 spiro atoms. The van der Waals surface area contributed by atoms with Gasteiger partial charge in [-0.05, 0) is 140 Å². The van der Waals surface area contributed by atoms with Crippen molar-refractivity contribution in [2.24, 2.45) is 0 Å². The number of para-hydroxylation sites is 2. The fourth-order valence-electron chi connectivity index (χ4n) is 11.3. The van der Waals surface area contributed by atoms with Crippen molar-refractivity contribution >= 4 is 87.1 Å². The van der Waals surface area contributed by atoms with Gasteiger partial charge in [-0.25, -0.2) is 0 Å². The van der Waals surface area contributed by atoms with E-state index in [2.05, 4.69) is 215 Å². The predicted molar refractivity (Wildman–Crippen MR) is 273 cm³/mol. The molecule has 0 aliphatic heterocycles. The molecule has 300 valence electrons. The van der Waals surface area contributed by atoms with Crippen LogP contribution in [0.1, 0.15) is 0 Å². The van der Waals surface area contributed by atoms with E-state index in [1.807, 2.05) is 12.1 Å². The molecule has 1 aliphatic carbocycles. The third kappa shape index (κ3) is 4.90. The number of fused-ring (bicyclic) bond motifs is 14. The molecular formula is C62H36N2O. The number of hydrogen-bond donors (Lipinski definition) is 0. The Morgan fingerprint density at radius 2 is 0.908 bits per heavy atom. The van der Waals surface area contributed by atoms with E-state index in [-0.39, 0.29) is 0 Å². The molecule has 0 radical (unpaired) electrons. The molecule has 0 unspecified atom stereocenters. The summed E-state index contributed by atoms with van der Waals surface area (Å²) in [5, 5.41) is 12.3. The molecule has 0 amide bonds. The van der Waals surface area contributed by atoms with Crippen molar-refractivity contribution in [2.45, 2.75) is 0 Å². The van der Waals surface area contributed by atoms with Crippen LogP contribution in [0.25, 0.3) is 143 Å². The van der Waals surface area contributed by atoms with Gasteiger partial charge in [-0.15, -0.1) is 0 Å². The third-order valence-corrected chi connectivity index (χ3v) is 14.2. The fraction of sp³-hybridized carbons (Fsp3) is 0. The van der Waals surface area contributed by atoms with Crippen LogP contribution in [-0.2, 0) is 0 Å². The van der Waals surface area contributed by atoms with Crippen LogP contribution in [0.15, 0.2) is 223 Å². The summed E-state index contributed by atoms with van der Waals surface area (Å²) in [7, 11) is 0. The first-order valence-electron chi connectivity index (χ1n) is 22.4. The largest absolute Gasteiger partial charge is 0.456 e. The minimum absolute atomic E-state index is 0.899. The number of aromatic nitrogens is 2. The number of hydrogen-bond acceptors (Lipinski definition) is 1. The zero-order valence-corrected chi connectivity index (χ0v) is 35.1. The Morgan fingerprint density at radius 1 is 0.277 bits per heavy atom. The Hall–Kier alpha value is -8.66. The predicted octanol–water partition coefficient (Wildman–Crippen LogP) is 17.1. The van der Waals surface area contributed by atoms with Gasteiger partial charge in [-0.1, -0.05) is 140 Å². The van der Waals surface area contributed by atoms with E-state index in [4.69, 9.17) is 4.42 Å². The minimum atomic E-state index is 0.899. The van der Waals surface area contributed by atoms with Crippen molar-refractivity contribution in [1.29, 1.82) is 0 Å². The summed E-state index contributed by atoms with van der Waals surface area (Å²) in [5.41, 5.74) is 18.9. The smallest absolute Gasteiger partial charge is 0.135 e. The Morgan fingerprint density at radius 3 is 1.78 bits per heavy atom. The Kier molecular flexibility index (Phi) is 6.95. The molecular weight excluding hydrogens is 789 g/mol. The van der Waals surface area contributed by atoms with Crippen molar-refractivity contribution in [1.82, 2.24) is 9.13 Å². The van der Waals surface area contributed by atoms with Gasteiger partial charge in [0.15, 0.2) is 0 Å². The highest BCUT2D eigenvalue weighted by Crippen LogP contribution is 2.49. The first kappa shape index (κ1) is 34.9. The molecule has 0 saturated heterocycles. The summed E-state index contributed by atoms with van der Waals surface area (Å²) in [6, 6.07) is 80.5. The van der Waals surface area contributed by atoms with E-state index >= 15 is 0 Å². The molecule has 0 bridgehead atoms. The average Bonchev–Trinajstić information content (AvgIpc) is 4.11. The normalized spacial score (nSPS) is 12.3. The molecule has 3 aromatic heterocycles. The van der Waals surface area contributed by atoms with Gasteiger partial charge >= 0.3 is 0 Å². The van der Waals surface area contributed by atoms with Crippen molar-refractivity contribution in [3.8, 4) is 55.9 Å². The van der Waals surface area contributed by atoms with E-state index in [0.717, 1.165) is 33.3 Å². The van der Waals surface area contributed by atoms with Gasteiger partial charge in [0.1, 0.15) is 11.2 Å². The Balaban J connectivity index is 0.887. The van der Waals surface area contributed by atoms with Crippen molar-refractivity contribution < 1.29 is 4.42 Å². The van der Waals surface area contributed by atoms with Crippen molar-refractivity contribution in [3.05, 3.63) is 218 Å². The second kappa shape index (κ2) is 12.9. The Labute approximate surface area is 373 Å². The average molecular weight is 825 g/mol. The highest BCUT2D eigenvalue weighted by Gasteiger charge is 2.23. The van der Waals surface area contributed by atoms with Crippen molar-refractivity contribution in [2.75, 3.05) is 0 Å². The zero-order chi connectivity index (χ0) is 42.3. The lowest BCUT2D eigenvalue weighted by Crippen LogP contribution is -1.95. The lowest BCUT2D eigenvalue weighted by molar-refractivity contribution is 0.669. The van der Waals surface area contributed by atoms with Crippen LogP contribution in [-0.4, -0.2) is 9.13 Å². The SMILES string of the molecule is c1cc(-c2cc3c4c(cccc4c2)-c2ccccc2-3)cc(-n2c3ccccc3c3cc(-c4ccc5c(c4)c4ccc6ccccc6c4n5-c4ccc5oc6ccccc6c5c4)ccc32)c1. The summed E-state index contributed by atoms with van der Waals surface area (Å²) < 4.78 is 11.2. The van der Waals surface area contributed by atoms with Crippen LogP contribution >= 0.6 is 0 Å². The van der Waals surface area contributed by atoms with Gasteiger partial charge in [0, 0.05) is 49.1 Å². The highest BCUT2D eigenvalue weighted by atomic mass is 16.3. The van der Waals surface area contributed by atoms with Crippen LogP contribution in [0.5, 0.6) is 0 Å². The molecule has 1 aliphatic rings. The standard InChI is InChI=1S/C62H36N2O/c1-2-15-45-37(11-1)23-27-51-53-34-40(25-29-58(53)64(62(45)51)44-26-30-60-54(36-44)49-19-6-8-22-59(49)65-60)39-24-28-57-52(33-39)48-18-5-7-21-56(48)63(57)43-14-9-12-38(32-43)42-31-41-13-10-20-50-46-16-3-4-17-47(46)55(35-42)61(41)50/h1-36H. The van der Waals surface area contributed by atoms with Crippen LogP contribution in [0.4, 0.5) is 0 Å². The number of furan rings is 1. The van der Waals surface area contributed by atoms with E-state index in [9.17, 15) is 0 Å². The van der Waals surface area contributed by atoms with Gasteiger partial charge in [-0.3, -0.25) is 0 Å². The van der Waals surface area contributed by atoms with Gasteiger partial charge in [0.25, 0.3) is 0 Å². The molecule has 14 aromatic rings. The van der Waals surface area contributed by atoms with Crippen LogP contribution in [0.3, 0.4) is 0 Å². The van der Waals surface area contributed by atoms with E-state index in [0.29, 0.717) is 0 Å². The van der Waals surface area contributed by atoms with Crippen LogP contribution < -0.4 is 0 Å². The number of rotatable bonds is 4. The first-order chi connectivity index (χ1) is 32.2. The summed E-state index contributed by atoms with van der Waals surface area (Å²) in [4.78, 5) is 0. The van der Waals surface area contributed by atoms with Gasteiger partial charge in [0.05, 0.1) is 22.1 Å². The molecule has 3 heterocycles. The quantitative estimate of drug-likeness (QED) is 0.173. The molecule has 0 fully saturated rings. The minimum Gasteiger partial charge on any atom is -0.456 e. The molecule has 0 saturated carbocycles. The molecule has 15 rings (SSSR count). The summed E-state index contributed by atoms with van der Waals surface area (Å²) >= 11 is 0. The summed E-state index contributed by atoms with van der Waals surface area (Å²) in [6.07, 6.45) is 0. The zero-order valence-electron chi connectivity index (χ0n) is 35.1. The summed E-state index contributed by atoms with van der Waals surface area (Å²) in [5.74, 6) is 0. The van der Waals surface area contributed by atoms with Crippen LogP contribution in [0.2, 0.25) is 0 Å². The van der Waals surface area contributed by atoms with Crippen LogP contribution in [0, 0.1) is 0 Å². The lowest BCUT2D eigenvalue weighted by atomic mass is 9.96. The van der Waals surface area contributed by atoms with E-state index in [1.54, 1.807) is 0 Å². The monoisotopic (exact) mass is 824 g/mol. The fourth-order valence-corrected chi connectivity index (χ4v) is 11.3. The number of benzene rings is 11. The second-order valence-corrected chi connectivity index (χ2v) is 17.6. The molecule has 3 nitrogen and oxygen atoms in total. The summed E-state index contributed by atoms with van der Waals surface area (Å²) in [6.45, 7) is 0. The van der Waals surface area contributed by atoms with E-state index < -0.39 is 0 Å². The molecule has 65 heavy (non-hydrogen) atoms. The third-order valence-electron chi connectivity index (χ3n) is 14.2.